The van der Waals surface area contributed by atoms with E-state index in [4.69, 9.17) is 17.0 Å². The molecule has 0 bridgehead atoms. The Morgan fingerprint density at radius 2 is 1.92 bits per heavy atom. The van der Waals surface area contributed by atoms with Gasteiger partial charge >= 0.3 is 0 Å². The van der Waals surface area contributed by atoms with Gasteiger partial charge in [0.1, 0.15) is 24.0 Å². The topological polar surface area (TPSA) is 55.2 Å². The van der Waals surface area contributed by atoms with Crippen LogP contribution in [0.15, 0.2) is 53.6 Å². The van der Waals surface area contributed by atoms with Crippen LogP contribution in [-0.4, -0.2) is 21.1 Å². The van der Waals surface area contributed by atoms with Gasteiger partial charge in [0.2, 0.25) is 4.77 Å². The van der Waals surface area contributed by atoms with E-state index in [0.29, 0.717) is 17.2 Å². The molecule has 0 fully saturated rings. The van der Waals surface area contributed by atoms with E-state index in [0.717, 1.165) is 16.9 Å². The van der Waals surface area contributed by atoms with Crippen molar-refractivity contribution in [1.29, 1.82) is 0 Å². The first kappa shape index (κ1) is 16.1. The molecule has 0 amide bonds. The summed E-state index contributed by atoms with van der Waals surface area (Å²) in [6.45, 7) is 2.20. The first-order valence-corrected chi connectivity index (χ1v) is 7.68. The van der Waals surface area contributed by atoms with Crippen LogP contribution in [0.4, 0.5) is 4.39 Å². The lowest BCUT2D eigenvalue weighted by Crippen LogP contribution is -1.96. The minimum Gasteiger partial charge on any atom is -0.489 e. The minimum atomic E-state index is -0.254. The second kappa shape index (κ2) is 7.18. The number of hydrogen-bond acceptors (Lipinski definition) is 4. The van der Waals surface area contributed by atoms with Crippen molar-refractivity contribution in [2.24, 2.45) is 5.10 Å². The first-order valence-electron chi connectivity index (χ1n) is 7.27. The van der Waals surface area contributed by atoms with E-state index in [1.165, 1.54) is 12.1 Å². The number of aromatic amines is 1. The smallest absolute Gasteiger partial charge is 0.216 e. The van der Waals surface area contributed by atoms with Crippen LogP contribution >= 0.6 is 12.2 Å². The van der Waals surface area contributed by atoms with Crippen molar-refractivity contribution in [2.75, 3.05) is 0 Å². The van der Waals surface area contributed by atoms with Gasteiger partial charge in [-0.05, 0) is 66.7 Å². The zero-order valence-electron chi connectivity index (χ0n) is 12.9. The second-order valence-electron chi connectivity index (χ2n) is 5.12. The number of rotatable bonds is 5. The monoisotopic (exact) mass is 342 g/mol. The lowest BCUT2D eigenvalue weighted by molar-refractivity contribution is 0.306. The number of benzene rings is 2. The molecule has 0 radical (unpaired) electrons. The summed E-state index contributed by atoms with van der Waals surface area (Å²) in [5.74, 6) is 1.17. The molecule has 1 aromatic heterocycles. The standard InChI is InChI=1S/C17H15FN4OS/c1-12-20-21-17(24)22(12)19-10-13-4-8-16(9-5-13)23-11-14-2-6-15(18)7-3-14/h2-10H,11H2,1H3,(H,21,24)/b19-10+. The molecular formula is C17H15FN4OS. The highest BCUT2D eigenvalue weighted by Gasteiger charge is 1.99. The van der Waals surface area contributed by atoms with Crippen LogP contribution in [0, 0.1) is 17.5 Å². The Morgan fingerprint density at radius 3 is 2.54 bits per heavy atom. The summed E-state index contributed by atoms with van der Waals surface area (Å²) in [5.41, 5.74) is 1.82. The molecule has 3 rings (SSSR count). The highest BCUT2D eigenvalue weighted by Crippen LogP contribution is 2.14. The van der Waals surface area contributed by atoms with Gasteiger partial charge in [-0.1, -0.05) is 12.1 Å². The maximum absolute atomic E-state index is 12.9. The SMILES string of the molecule is Cc1n[nH]c(=S)n1/N=C/c1ccc(OCc2ccc(F)cc2)cc1. The van der Waals surface area contributed by atoms with Gasteiger partial charge in [-0.25, -0.2) is 4.39 Å². The van der Waals surface area contributed by atoms with E-state index in [2.05, 4.69) is 15.3 Å². The molecule has 5 nitrogen and oxygen atoms in total. The Labute approximate surface area is 143 Å². The van der Waals surface area contributed by atoms with Crippen molar-refractivity contribution in [3.8, 4) is 5.75 Å². The van der Waals surface area contributed by atoms with Crippen molar-refractivity contribution in [1.82, 2.24) is 14.9 Å². The maximum Gasteiger partial charge on any atom is 0.216 e. The highest BCUT2D eigenvalue weighted by molar-refractivity contribution is 7.71. The highest BCUT2D eigenvalue weighted by atomic mass is 32.1. The summed E-state index contributed by atoms with van der Waals surface area (Å²) in [6, 6.07) is 13.7. The van der Waals surface area contributed by atoms with Gasteiger partial charge in [-0.2, -0.15) is 14.9 Å². The molecule has 0 aliphatic heterocycles. The van der Waals surface area contributed by atoms with Gasteiger partial charge in [0.25, 0.3) is 0 Å². The molecule has 7 heteroatoms. The fraction of sp³-hybridized carbons (Fsp3) is 0.118. The fourth-order valence-electron chi connectivity index (χ4n) is 2.03. The predicted octanol–water partition coefficient (Wildman–Crippen LogP) is 3.85. The zero-order valence-corrected chi connectivity index (χ0v) is 13.8. The van der Waals surface area contributed by atoms with Crippen LogP contribution in [0.3, 0.4) is 0 Å². The number of aromatic nitrogens is 3. The molecule has 3 aromatic rings. The van der Waals surface area contributed by atoms with Crippen molar-refractivity contribution in [3.63, 3.8) is 0 Å². The van der Waals surface area contributed by atoms with E-state index in [-0.39, 0.29) is 5.82 Å². The average Bonchev–Trinajstić information content (AvgIpc) is 2.92. The summed E-state index contributed by atoms with van der Waals surface area (Å²) in [6.07, 6.45) is 1.70. The molecule has 2 aromatic carbocycles. The largest absolute Gasteiger partial charge is 0.489 e. The summed E-state index contributed by atoms with van der Waals surface area (Å²) >= 11 is 5.09. The number of ether oxygens (including phenoxy) is 1. The molecular weight excluding hydrogens is 327 g/mol. The summed E-state index contributed by atoms with van der Waals surface area (Å²) in [7, 11) is 0. The lowest BCUT2D eigenvalue weighted by atomic mass is 10.2. The summed E-state index contributed by atoms with van der Waals surface area (Å²) < 4.78 is 20.5. The third-order valence-electron chi connectivity index (χ3n) is 3.33. The quantitative estimate of drug-likeness (QED) is 0.566. The van der Waals surface area contributed by atoms with Crippen LogP contribution < -0.4 is 4.74 Å². The molecule has 24 heavy (non-hydrogen) atoms. The van der Waals surface area contributed by atoms with Crippen LogP contribution in [0.2, 0.25) is 0 Å². The first-order chi connectivity index (χ1) is 11.6. The van der Waals surface area contributed by atoms with Gasteiger partial charge in [0.05, 0.1) is 6.21 Å². The van der Waals surface area contributed by atoms with Crippen LogP contribution in [0.1, 0.15) is 17.0 Å². The third-order valence-corrected chi connectivity index (χ3v) is 3.60. The summed E-state index contributed by atoms with van der Waals surface area (Å²) in [5, 5.41) is 11.0. The zero-order chi connectivity index (χ0) is 16.9. The van der Waals surface area contributed by atoms with Gasteiger partial charge < -0.3 is 4.74 Å². The maximum atomic E-state index is 12.9. The van der Waals surface area contributed by atoms with Crippen molar-refractivity contribution in [3.05, 3.63) is 76.1 Å². The molecule has 0 atom stereocenters. The van der Waals surface area contributed by atoms with Crippen LogP contribution in [0.25, 0.3) is 0 Å². The molecule has 122 valence electrons. The van der Waals surface area contributed by atoms with Crippen molar-refractivity contribution < 1.29 is 9.13 Å². The Kier molecular flexibility index (Phi) is 4.81. The van der Waals surface area contributed by atoms with E-state index in [9.17, 15) is 4.39 Å². The van der Waals surface area contributed by atoms with Crippen molar-refractivity contribution in [2.45, 2.75) is 13.5 Å². The molecule has 0 spiro atoms. The molecule has 0 aliphatic rings. The van der Waals surface area contributed by atoms with Gasteiger partial charge in [0, 0.05) is 0 Å². The van der Waals surface area contributed by atoms with Gasteiger partial charge in [0.15, 0.2) is 0 Å². The lowest BCUT2D eigenvalue weighted by Gasteiger charge is -2.06. The van der Waals surface area contributed by atoms with Crippen LogP contribution in [0.5, 0.6) is 5.75 Å². The molecule has 0 aliphatic carbocycles. The Morgan fingerprint density at radius 1 is 1.21 bits per heavy atom. The molecule has 0 saturated carbocycles. The average molecular weight is 342 g/mol. The third kappa shape index (κ3) is 3.94. The number of aryl methyl sites for hydroxylation is 1. The number of halogens is 1. The Bertz CT molecular complexity index is 898. The van der Waals surface area contributed by atoms with E-state index < -0.39 is 0 Å². The second-order valence-corrected chi connectivity index (χ2v) is 5.50. The number of H-pyrrole nitrogens is 1. The number of nitrogens with zero attached hydrogens (tertiary/aromatic N) is 3. The Balaban J connectivity index is 1.63. The number of nitrogens with one attached hydrogen (secondary N) is 1. The predicted molar refractivity (Wildman–Crippen MR) is 92.3 cm³/mol. The Hall–Kier alpha value is -2.80. The van der Waals surface area contributed by atoms with E-state index >= 15 is 0 Å². The minimum absolute atomic E-state index is 0.254. The normalized spacial score (nSPS) is 11.1. The molecule has 1 heterocycles. The van der Waals surface area contributed by atoms with E-state index in [1.807, 2.05) is 31.2 Å². The van der Waals surface area contributed by atoms with E-state index in [1.54, 1.807) is 23.0 Å². The fourth-order valence-corrected chi connectivity index (χ4v) is 2.25. The van der Waals surface area contributed by atoms with Crippen molar-refractivity contribution >= 4 is 18.4 Å². The van der Waals surface area contributed by atoms with Gasteiger partial charge in [-0.3, -0.25) is 5.10 Å². The van der Waals surface area contributed by atoms with Gasteiger partial charge in [-0.15, -0.1) is 0 Å². The summed E-state index contributed by atoms with van der Waals surface area (Å²) in [4.78, 5) is 0. The van der Waals surface area contributed by atoms with Crippen LogP contribution in [-0.2, 0) is 6.61 Å². The molecule has 1 N–H and O–H groups in total. The molecule has 0 unspecified atom stereocenters. The molecule has 0 saturated heterocycles. The number of hydrogen-bond donors (Lipinski definition) is 1.